The Morgan fingerprint density at radius 2 is 2.25 bits per heavy atom. The molecule has 0 unspecified atom stereocenters. The van der Waals surface area contributed by atoms with Gasteiger partial charge in [-0.15, -0.1) is 0 Å². The Labute approximate surface area is 79.2 Å². The number of hydrogen-bond acceptors (Lipinski definition) is 3. The Kier molecular flexibility index (Phi) is 2.02. The highest BCUT2D eigenvalue weighted by molar-refractivity contribution is 9.10. The number of hydrogen-bond donors (Lipinski definition) is 1. The van der Waals surface area contributed by atoms with Gasteiger partial charge in [0.25, 0.3) is 0 Å². The molecule has 4 heteroatoms. The molecule has 1 N–H and O–H groups in total. The molecule has 0 aromatic carbocycles. The number of pyridine rings is 1. The van der Waals surface area contributed by atoms with Gasteiger partial charge in [-0.2, -0.15) is 0 Å². The van der Waals surface area contributed by atoms with Crippen molar-refractivity contribution in [3.63, 3.8) is 0 Å². The maximum Gasteiger partial charge on any atom is 0.128 e. The average molecular weight is 229 g/mol. The summed E-state index contributed by atoms with van der Waals surface area (Å²) in [6.45, 7) is 1.41. The lowest BCUT2D eigenvalue weighted by atomic mass is 10.2. The van der Waals surface area contributed by atoms with Crippen molar-refractivity contribution >= 4 is 21.7 Å². The topological polar surface area (TPSA) is 36.4 Å². The van der Waals surface area contributed by atoms with Gasteiger partial charge in [0.05, 0.1) is 6.10 Å². The van der Waals surface area contributed by atoms with Gasteiger partial charge in [0, 0.05) is 23.8 Å². The smallest absolute Gasteiger partial charge is 0.128 e. The lowest BCUT2D eigenvalue weighted by molar-refractivity contribution is 0.141. The molecule has 1 saturated heterocycles. The molecular formula is C8H9BrN2O. The van der Waals surface area contributed by atoms with Gasteiger partial charge >= 0.3 is 0 Å². The van der Waals surface area contributed by atoms with E-state index in [2.05, 4.69) is 20.9 Å². The lowest BCUT2D eigenvalue weighted by Gasteiger charge is -2.36. The second-order valence-corrected chi connectivity index (χ2v) is 3.81. The highest BCUT2D eigenvalue weighted by atomic mass is 79.9. The minimum atomic E-state index is -0.171. The molecular weight excluding hydrogens is 220 g/mol. The van der Waals surface area contributed by atoms with Gasteiger partial charge in [-0.25, -0.2) is 4.98 Å². The third-order valence-corrected chi connectivity index (χ3v) is 2.37. The molecule has 0 saturated carbocycles. The molecule has 1 fully saturated rings. The first-order valence-corrected chi connectivity index (χ1v) is 4.59. The maximum atomic E-state index is 9.06. The predicted octanol–water partition coefficient (Wildman–Crippen LogP) is 1.03. The van der Waals surface area contributed by atoms with E-state index in [1.165, 1.54) is 0 Å². The van der Waals surface area contributed by atoms with Crippen LogP contribution in [0.2, 0.25) is 0 Å². The van der Waals surface area contributed by atoms with Crippen molar-refractivity contribution in [3.8, 4) is 0 Å². The number of β-amino-alcohol motifs (C(OH)–C–C–N with tert-alkyl or cyclic N) is 1. The molecule has 64 valence electrons. The van der Waals surface area contributed by atoms with Gasteiger partial charge in [0.2, 0.25) is 0 Å². The summed E-state index contributed by atoms with van der Waals surface area (Å²) in [4.78, 5) is 6.24. The number of nitrogens with zero attached hydrogens (tertiary/aromatic N) is 2. The van der Waals surface area contributed by atoms with Crippen molar-refractivity contribution in [2.45, 2.75) is 6.10 Å². The van der Waals surface area contributed by atoms with Crippen LogP contribution in [-0.4, -0.2) is 29.3 Å². The number of anilines is 1. The lowest BCUT2D eigenvalue weighted by Crippen LogP contribution is -2.51. The molecule has 0 aliphatic carbocycles. The van der Waals surface area contributed by atoms with Crippen LogP contribution in [0.15, 0.2) is 22.8 Å². The van der Waals surface area contributed by atoms with Crippen LogP contribution >= 0.6 is 15.9 Å². The zero-order valence-corrected chi connectivity index (χ0v) is 8.03. The zero-order valence-electron chi connectivity index (χ0n) is 6.44. The fourth-order valence-corrected chi connectivity index (χ4v) is 1.43. The predicted molar refractivity (Wildman–Crippen MR) is 50.2 cm³/mol. The van der Waals surface area contributed by atoms with Crippen LogP contribution in [-0.2, 0) is 0 Å². The maximum absolute atomic E-state index is 9.06. The molecule has 0 amide bonds. The van der Waals surface area contributed by atoms with Crippen molar-refractivity contribution in [1.29, 1.82) is 0 Å². The molecule has 0 spiro atoms. The van der Waals surface area contributed by atoms with Gasteiger partial charge in [0.15, 0.2) is 0 Å². The monoisotopic (exact) mass is 228 g/mol. The largest absolute Gasteiger partial charge is 0.389 e. The molecule has 1 aromatic heterocycles. The van der Waals surface area contributed by atoms with E-state index in [1.807, 2.05) is 17.0 Å². The zero-order chi connectivity index (χ0) is 8.55. The van der Waals surface area contributed by atoms with Crippen LogP contribution in [0.25, 0.3) is 0 Å². The van der Waals surface area contributed by atoms with Crippen molar-refractivity contribution in [1.82, 2.24) is 4.98 Å². The first kappa shape index (κ1) is 8.01. The van der Waals surface area contributed by atoms with Gasteiger partial charge in [-0.3, -0.25) is 0 Å². The Hall–Kier alpha value is -0.610. The van der Waals surface area contributed by atoms with E-state index in [9.17, 15) is 0 Å². The molecule has 1 aliphatic rings. The minimum Gasteiger partial charge on any atom is -0.389 e. The summed E-state index contributed by atoms with van der Waals surface area (Å²) in [7, 11) is 0. The van der Waals surface area contributed by atoms with E-state index in [0.717, 1.165) is 10.3 Å². The molecule has 0 bridgehead atoms. The van der Waals surface area contributed by atoms with Gasteiger partial charge < -0.3 is 10.0 Å². The summed E-state index contributed by atoms with van der Waals surface area (Å²) in [6, 6.07) is 3.89. The first-order valence-electron chi connectivity index (χ1n) is 3.80. The number of aliphatic hydroxyl groups excluding tert-OH is 1. The number of aliphatic hydroxyl groups is 1. The van der Waals surface area contributed by atoms with Crippen LogP contribution in [0.5, 0.6) is 0 Å². The van der Waals surface area contributed by atoms with Crippen LogP contribution in [0, 0.1) is 0 Å². The van der Waals surface area contributed by atoms with Crippen molar-refractivity contribution in [3.05, 3.63) is 22.8 Å². The van der Waals surface area contributed by atoms with E-state index >= 15 is 0 Å². The van der Waals surface area contributed by atoms with Gasteiger partial charge in [-0.05, 0) is 28.1 Å². The molecule has 0 radical (unpaired) electrons. The summed E-state index contributed by atoms with van der Waals surface area (Å²) in [5.74, 6) is 0.934. The average Bonchev–Trinajstić information content (AvgIpc) is 2.01. The number of halogens is 1. The second-order valence-electron chi connectivity index (χ2n) is 2.89. The molecule has 2 heterocycles. The fourth-order valence-electron chi connectivity index (χ4n) is 1.20. The summed E-state index contributed by atoms with van der Waals surface area (Å²) in [5.41, 5.74) is 0. The summed E-state index contributed by atoms with van der Waals surface area (Å²) < 4.78 is 0.979. The third kappa shape index (κ3) is 1.44. The summed E-state index contributed by atoms with van der Waals surface area (Å²) in [6.07, 6.45) is 1.59. The normalized spacial score (nSPS) is 17.7. The standard InChI is InChI=1S/C8H9BrN2O/c9-6-1-2-8(10-3-6)11-4-7(12)5-11/h1-3,7,12H,4-5H2. The van der Waals surface area contributed by atoms with E-state index < -0.39 is 0 Å². The summed E-state index contributed by atoms with van der Waals surface area (Å²) in [5, 5.41) is 9.06. The van der Waals surface area contributed by atoms with Gasteiger partial charge in [-0.1, -0.05) is 0 Å². The highest BCUT2D eigenvalue weighted by Gasteiger charge is 2.24. The van der Waals surface area contributed by atoms with Crippen LogP contribution in [0.3, 0.4) is 0 Å². The van der Waals surface area contributed by atoms with Crippen LogP contribution < -0.4 is 4.90 Å². The number of aromatic nitrogens is 1. The van der Waals surface area contributed by atoms with E-state index in [4.69, 9.17) is 5.11 Å². The second kappa shape index (κ2) is 3.03. The molecule has 2 rings (SSSR count). The molecule has 1 aliphatic heterocycles. The fraction of sp³-hybridized carbons (Fsp3) is 0.375. The quantitative estimate of drug-likeness (QED) is 0.781. The molecule has 12 heavy (non-hydrogen) atoms. The molecule has 0 atom stereocenters. The van der Waals surface area contributed by atoms with Crippen LogP contribution in [0.4, 0.5) is 5.82 Å². The molecule has 1 aromatic rings. The van der Waals surface area contributed by atoms with Gasteiger partial charge in [0.1, 0.15) is 5.82 Å². The Bertz CT molecular complexity index is 269. The van der Waals surface area contributed by atoms with Crippen molar-refractivity contribution in [2.75, 3.05) is 18.0 Å². The van der Waals surface area contributed by atoms with E-state index in [-0.39, 0.29) is 6.10 Å². The Balaban J connectivity index is 2.09. The summed E-state index contributed by atoms with van der Waals surface area (Å²) >= 11 is 3.32. The minimum absolute atomic E-state index is 0.171. The number of rotatable bonds is 1. The van der Waals surface area contributed by atoms with E-state index in [1.54, 1.807) is 6.20 Å². The van der Waals surface area contributed by atoms with Crippen molar-refractivity contribution in [2.24, 2.45) is 0 Å². The Morgan fingerprint density at radius 3 is 2.75 bits per heavy atom. The van der Waals surface area contributed by atoms with Crippen LogP contribution in [0.1, 0.15) is 0 Å². The third-order valence-electron chi connectivity index (χ3n) is 1.90. The molecule has 3 nitrogen and oxygen atoms in total. The first-order chi connectivity index (χ1) is 5.75. The van der Waals surface area contributed by atoms with E-state index in [0.29, 0.717) is 13.1 Å². The SMILES string of the molecule is OC1CN(c2ccc(Br)cn2)C1. The van der Waals surface area contributed by atoms with Crippen molar-refractivity contribution < 1.29 is 5.11 Å². The highest BCUT2D eigenvalue weighted by Crippen LogP contribution is 2.19. The Morgan fingerprint density at radius 1 is 1.50 bits per heavy atom.